The van der Waals surface area contributed by atoms with Crippen molar-refractivity contribution in [2.75, 3.05) is 6.61 Å². The van der Waals surface area contributed by atoms with Crippen molar-refractivity contribution in [3.63, 3.8) is 0 Å². The Bertz CT molecular complexity index is 473. The number of carbonyl (C=O) groups excluding carboxylic acids is 1. The molecule has 2 amide bonds. The molecule has 0 bridgehead atoms. The highest BCUT2D eigenvalue weighted by Crippen LogP contribution is 2.28. The topological polar surface area (TPSA) is 87.4 Å². The fourth-order valence-electron chi connectivity index (χ4n) is 3.03. The van der Waals surface area contributed by atoms with Gasteiger partial charge in [-0.2, -0.15) is 0 Å². The molecule has 1 aliphatic rings. The number of aliphatic hydroxyl groups is 1. The molecule has 1 saturated carbocycles. The van der Waals surface area contributed by atoms with E-state index in [2.05, 4.69) is 15.8 Å². The minimum absolute atomic E-state index is 0.00132. The van der Waals surface area contributed by atoms with Crippen molar-refractivity contribution in [2.24, 2.45) is 0 Å². The summed E-state index contributed by atoms with van der Waals surface area (Å²) in [6.45, 7) is 5.73. The predicted molar refractivity (Wildman–Crippen MR) is 79.1 cm³/mol. The molecular weight excluding hydrogens is 270 g/mol. The first kappa shape index (κ1) is 15.8. The first-order valence-electron chi connectivity index (χ1n) is 7.57. The van der Waals surface area contributed by atoms with Crippen LogP contribution in [0, 0.1) is 13.8 Å². The number of aryl methyl sites for hydroxylation is 2. The maximum absolute atomic E-state index is 12.1. The Hall–Kier alpha value is -1.56. The van der Waals surface area contributed by atoms with E-state index in [0.29, 0.717) is 6.42 Å². The molecule has 0 radical (unpaired) electrons. The second kappa shape index (κ2) is 6.47. The molecule has 2 rings (SSSR count). The number of amides is 2. The molecule has 3 N–H and O–H groups in total. The zero-order valence-electron chi connectivity index (χ0n) is 13.0. The molecule has 0 spiro atoms. The van der Waals surface area contributed by atoms with E-state index in [1.165, 1.54) is 0 Å². The lowest BCUT2D eigenvalue weighted by Gasteiger charge is -2.29. The average molecular weight is 295 g/mol. The van der Waals surface area contributed by atoms with Crippen LogP contribution >= 0.6 is 0 Å². The molecule has 1 aliphatic carbocycles. The Balaban J connectivity index is 1.87. The molecule has 21 heavy (non-hydrogen) atoms. The molecule has 1 heterocycles. The van der Waals surface area contributed by atoms with E-state index in [1.54, 1.807) is 0 Å². The zero-order valence-corrected chi connectivity index (χ0v) is 13.0. The number of aliphatic hydroxyl groups excluding tert-OH is 1. The zero-order chi connectivity index (χ0) is 15.5. The van der Waals surface area contributed by atoms with Gasteiger partial charge in [-0.25, -0.2) is 4.79 Å². The number of urea groups is 1. The molecule has 0 saturated heterocycles. The Labute approximate surface area is 125 Å². The number of aromatic nitrogens is 1. The van der Waals surface area contributed by atoms with Gasteiger partial charge < -0.3 is 20.3 Å². The Kier molecular flexibility index (Phi) is 4.88. The number of hydrogen-bond donors (Lipinski definition) is 3. The standard InChI is InChI=1S/C15H25N3O3/c1-10(8-13-11(2)18-21-12(13)3)16-14(20)17-15(9-19)6-4-5-7-15/h10,19H,4-9H2,1-3H3,(H2,16,17,20). The minimum atomic E-state index is -0.438. The molecule has 0 aromatic carbocycles. The van der Waals surface area contributed by atoms with E-state index in [0.717, 1.165) is 42.7 Å². The summed E-state index contributed by atoms with van der Waals surface area (Å²) in [4.78, 5) is 12.1. The fraction of sp³-hybridized carbons (Fsp3) is 0.733. The van der Waals surface area contributed by atoms with Gasteiger partial charge in [-0.05, 0) is 40.0 Å². The van der Waals surface area contributed by atoms with Crippen molar-refractivity contribution in [3.8, 4) is 0 Å². The van der Waals surface area contributed by atoms with Crippen LogP contribution in [0.5, 0.6) is 0 Å². The van der Waals surface area contributed by atoms with Crippen molar-refractivity contribution >= 4 is 6.03 Å². The van der Waals surface area contributed by atoms with Crippen molar-refractivity contribution in [1.82, 2.24) is 15.8 Å². The Morgan fingerprint density at radius 2 is 2.10 bits per heavy atom. The highest BCUT2D eigenvalue weighted by atomic mass is 16.5. The summed E-state index contributed by atoms with van der Waals surface area (Å²) in [5.41, 5.74) is 1.47. The van der Waals surface area contributed by atoms with Crippen LogP contribution in [0.2, 0.25) is 0 Å². The van der Waals surface area contributed by atoms with Gasteiger partial charge >= 0.3 is 6.03 Å². The molecule has 0 aliphatic heterocycles. The van der Waals surface area contributed by atoms with Crippen LogP contribution in [0.1, 0.15) is 49.6 Å². The number of rotatable bonds is 5. The summed E-state index contributed by atoms with van der Waals surface area (Å²) < 4.78 is 5.13. The summed E-state index contributed by atoms with van der Waals surface area (Å²) in [6.07, 6.45) is 4.47. The van der Waals surface area contributed by atoms with Crippen molar-refractivity contribution < 1.29 is 14.4 Å². The van der Waals surface area contributed by atoms with Gasteiger partial charge in [0.25, 0.3) is 0 Å². The summed E-state index contributed by atoms with van der Waals surface area (Å²) in [5, 5.41) is 19.3. The highest BCUT2D eigenvalue weighted by molar-refractivity contribution is 5.75. The van der Waals surface area contributed by atoms with Crippen LogP contribution in [0.4, 0.5) is 4.79 Å². The first-order chi connectivity index (χ1) is 9.96. The van der Waals surface area contributed by atoms with Crippen LogP contribution in [0.3, 0.4) is 0 Å². The van der Waals surface area contributed by atoms with Gasteiger partial charge in [0.2, 0.25) is 0 Å². The van der Waals surface area contributed by atoms with E-state index in [1.807, 2.05) is 20.8 Å². The van der Waals surface area contributed by atoms with Gasteiger partial charge in [0.05, 0.1) is 17.8 Å². The Morgan fingerprint density at radius 1 is 1.43 bits per heavy atom. The number of nitrogens with one attached hydrogen (secondary N) is 2. The third-order valence-corrected chi connectivity index (χ3v) is 4.31. The largest absolute Gasteiger partial charge is 0.394 e. The van der Waals surface area contributed by atoms with Gasteiger partial charge in [-0.3, -0.25) is 0 Å². The second-order valence-corrected chi connectivity index (χ2v) is 6.15. The summed E-state index contributed by atoms with van der Waals surface area (Å²) >= 11 is 0. The molecule has 1 unspecified atom stereocenters. The molecule has 1 aromatic heterocycles. The third-order valence-electron chi connectivity index (χ3n) is 4.31. The molecule has 6 heteroatoms. The van der Waals surface area contributed by atoms with Crippen LogP contribution in [-0.4, -0.2) is 34.5 Å². The smallest absolute Gasteiger partial charge is 0.315 e. The normalized spacial score (nSPS) is 18.5. The van der Waals surface area contributed by atoms with Gasteiger partial charge in [0.1, 0.15) is 5.76 Å². The quantitative estimate of drug-likeness (QED) is 0.773. The summed E-state index contributed by atoms with van der Waals surface area (Å²) in [7, 11) is 0. The van der Waals surface area contributed by atoms with Gasteiger partial charge in [0.15, 0.2) is 0 Å². The van der Waals surface area contributed by atoms with Gasteiger partial charge in [0, 0.05) is 11.6 Å². The van der Waals surface area contributed by atoms with E-state index in [-0.39, 0.29) is 18.7 Å². The van der Waals surface area contributed by atoms with Crippen LogP contribution < -0.4 is 10.6 Å². The molecular formula is C15H25N3O3. The number of carbonyl (C=O) groups is 1. The Morgan fingerprint density at radius 3 is 2.62 bits per heavy atom. The molecule has 118 valence electrons. The van der Waals surface area contributed by atoms with E-state index in [9.17, 15) is 9.90 Å². The molecule has 1 atom stereocenters. The monoisotopic (exact) mass is 295 g/mol. The van der Waals surface area contributed by atoms with E-state index < -0.39 is 5.54 Å². The van der Waals surface area contributed by atoms with Crippen molar-refractivity contribution in [1.29, 1.82) is 0 Å². The lowest BCUT2D eigenvalue weighted by Crippen LogP contribution is -2.54. The SMILES string of the molecule is Cc1noc(C)c1CC(C)NC(=O)NC1(CO)CCCC1. The lowest BCUT2D eigenvalue weighted by atomic mass is 9.99. The second-order valence-electron chi connectivity index (χ2n) is 6.15. The van der Waals surface area contributed by atoms with Crippen LogP contribution in [-0.2, 0) is 6.42 Å². The highest BCUT2D eigenvalue weighted by Gasteiger charge is 2.34. The maximum Gasteiger partial charge on any atom is 0.315 e. The van der Waals surface area contributed by atoms with Gasteiger partial charge in [-0.15, -0.1) is 0 Å². The van der Waals surface area contributed by atoms with Crippen molar-refractivity contribution in [2.45, 2.75) is 64.5 Å². The first-order valence-corrected chi connectivity index (χ1v) is 7.57. The van der Waals surface area contributed by atoms with Gasteiger partial charge in [-0.1, -0.05) is 18.0 Å². The maximum atomic E-state index is 12.1. The predicted octanol–water partition coefficient (Wildman–Crippen LogP) is 1.83. The minimum Gasteiger partial charge on any atom is -0.394 e. The molecule has 1 fully saturated rings. The van der Waals surface area contributed by atoms with Crippen molar-refractivity contribution in [3.05, 3.63) is 17.0 Å². The number of nitrogens with zero attached hydrogens (tertiary/aromatic N) is 1. The molecule has 6 nitrogen and oxygen atoms in total. The lowest BCUT2D eigenvalue weighted by molar-refractivity contribution is 0.162. The third kappa shape index (κ3) is 3.75. The van der Waals surface area contributed by atoms with Crippen LogP contribution in [0.25, 0.3) is 0 Å². The van der Waals surface area contributed by atoms with E-state index in [4.69, 9.17) is 4.52 Å². The van der Waals surface area contributed by atoms with E-state index >= 15 is 0 Å². The fourth-order valence-corrected chi connectivity index (χ4v) is 3.03. The summed E-state index contributed by atoms with van der Waals surface area (Å²) in [6, 6.07) is -0.246. The van der Waals surface area contributed by atoms with Crippen LogP contribution in [0.15, 0.2) is 4.52 Å². The number of hydrogen-bond acceptors (Lipinski definition) is 4. The molecule has 1 aromatic rings. The average Bonchev–Trinajstić information content (AvgIpc) is 3.01. The summed E-state index contributed by atoms with van der Waals surface area (Å²) in [5.74, 6) is 0.796.